The van der Waals surface area contributed by atoms with Gasteiger partial charge in [-0.25, -0.2) is 0 Å². The van der Waals surface area contributed by atoms with Crippen molar-refractivity contribution in [2.24, 2.45) is 17.3 Å². The van der Waals surface area contributed by atoms with Gasteiger partial charge >= 0.3 is 6.18 Å². The van der Waals surface area contributed by atoms with Gasteiger partial charge in [0.15, 0.2) is 0 Å². The summed E-state index contributed by atoms with van der Waals surface area (Å²) in [5.74, 6) is 0.789. The number of hydrogen-bond donors (Lipinski definition) is 2. The first-order valence-corrected chi connectivity index (χ1v) is 7.04. The van der Waals surface area contributed by atoms with Gasteiger partial charge in [-0.3, -0.25) is 0 Å². The summed E-state index contributed by atoms with van der Waals surface area (Å²) in [7, 11) is 0. The second kappa shape index (κ2) is 6.44. The zero-order chi connectivity index (χ0) is 14.7. The van der Waals surface area contributed by atoms with Crippen LogP contribution in [0.5, 0.6) is 0 Å². The molecule has 2 nitrogen and oxygen atoms in total. The molecule has 0 aromatic heterocycles. The van der Waals surface area contributed by atoms with E-state index >= 15 is 0 Å². The fourth-order valence-electron chi connectivity index (χ4n) is 3.01. The monoisotopic (exact) mass is 281 g/mol. The third-order valence-corrected chi connectivity index (χ3v) is 4.33. The molecule has 0 aromatic carbocycles. The van der Waals surface area contributed by atoms with Crippen LogP contribution in [0, 0.1) is 17.3 Å². The van der Waals surface area contributed by atoms with Crippen molar-refractivity contribution >= 4 is 0 Å². The van der Waals surface area contributed by atoms with Gasteiger partial charge in [0.05, 0.1) is 13.2 Å². The standard InChI is InChI=1S/C14H26F3NO/c1-13(2,3)11-6-4-10(5-7-11)12(8-19)18-9-14(15,16)17/h10-12,18-19H,4-9H2,1-3H3. The number of hydrogen-bond acceptors (Lipinski definition) is 2. The SMILES string of the molecule is CC(C)(C)C1CCC(C(CO)NCC(F)(F)F)CC1. The van der Waals surface area contributed by atoms with Gasteiger partial charge in [0, 0.05) is 6.04 Å². The summed E-state index contributed by atoms with van der Waals surface area (Å²) in [5.41, 5.74) is 0.263. The van der Waals surface area contributed by atoms with Gasteiger partial charge in [-0.2, -0.15) is 13.2 Å². The zero-order valence-electron chi connectivity index (χ0n) is 12.1. The molecule has 1 fully saturated rings. The Kier molecular flexibility index (Phi) is 5.68. The maximum atomic E-state index is 12.2. The minimum Gasteiger partial charge on any atom is -0.395 e. The fourth-order valence-corrected chi connectivity index (χ4v) is 3.01. The first kappa shape index (κ1) is 16.8. The van der Waals surface area contributed by atoms with Crippen molar-refractivity contribution < 1.29 is 18.3 Å². The number of aliphatic hydroxyl groups excluding tert-OH is 1. The Hall–Kier alpha value is -0.290. The Morgan fingerprint density at radius 3 is 2.00 bits per heavy atom. The molecule has 2 N–H and O–H groups in total. The third-order valence-electron chi connectivity index (χ3n) is 4.33. The molecule has 0 heterocycles. The number of nitrogens with one attached hydrogen (secondary N) is 1. The summed E-state index contributed by atoms with van der Waals surface area (Å²) in [6.07, 6.45) is -0.331. The lowest BCUT2D eigenvalue weighted by atomic mass is 9.68. The minimum atomic E-state index is -4.21. The Morgan fingerprint density at radius 1 is 1.11 bits per heavy atom. The largest absolute Gasteiger partial charge is 0.401 e. The highest BCUT2D eigenvalue weighted by atomic mass is 19.4. The Balaban J connectivity index is 2.44. The van der Waals surface area contributed by atoms with Crippen molar-refractivity contribution in [1.29, 1.82) is 0 Å². The topological polar surface area (TPSA) is 32.3 Å². The van der Waals surface area contributed by atoms with Crippen LogP contribution in [-0.2, 0) is 0 Å². The number of aliphatic hydroxyl groups is 1. The van der Waals surface area contributed by atoms with E-state index in [9.17, 15) is 18.3 Å². The molecule has 1 aliphatic carbocycles. The van der Waals surface area contributed by atoms with Gasteiger partial charge in [-0.15, -0.1) is 0 Å². The molecular weight excluding hydrogens is 255 g/mol. The van der Waals surface area contributed by atoms with Gasteiger partial charge in [-0.1, -0.05) is 20.8 Å². The van der Waals surface area contributed by atoms with Gasteiger partial charge in [0.25, 0.3) is 0 Å². The minimum absolute atomic E-state index is 0.158. The summed E-state index contributed by atoms with van der Waals surface area (Å²) in [6, 6.07) is -0.428. The predicted octanol–water partition coefficient (Wildman–Crippen LogP) is 3.35. The van der Waals surface area contributed by atoms with Gasteiger partial charge in [0.2, 0.25) is 0 Å². The molecule has 0 spiro atoms. The molecule has 0 aliphatic heterocycles. The quantitative estimate of drug-likeness (QED) is 0.828. The van der Waals surface area contributed by atoms with Crippen molar-refractivity contribution in [2.75, 3.05) is 13.2 Å². The van der Waals surface area contributed by atoms with Crippen LogP contribution >= 0.6 is 0 Å². The Labute approximate surface area is 113 Å². The van der Waals surface area contributed by atoms with E-state index in [-0.39, 0.29) is 17.9 Å². The van der Waals surface area contributed by atoms with Crippen LogP contribution in [-0.4, -0.2) is 30.5 Å². The molecule has 0 radical (unpaired) electrons. The molecule has 0 aromatic rings. The lowest BCUT2D eigenvalue weighted by Crippen LogP contribution is -2.45. The van der Waals surface area contributed by atoms with Gasteiger partial charge < -0.3 is 10.4 Å². The molecule has 19 heavy (non-hydrogen) atoms. The van der Waals surface area contributed by atoms with Crippen LogP contribution in [0.3, 0.4) is 0 Å². The summed E-state index contributed by atoms with van der Waals surface area (Å²) in [4.78, 5) is 0. The van der Waals surface area contributed by atoms with E-state index in [4.69, 9.17) is 0 Å². The smallest absolute Gasteiger partial charge is 0.395 e. The van der Waals surface area contributed by atoms with Crippen molar-refractivity contribution in [1.82, 2.24) is 5.32 Å². The molecule has 0 amide bonds. The van der Waals surface area contributed by atoms with E-state index in [0.29, 0.717) is 5.92 Å². The van der Waals surface area contributed by atoms with E-state index in [1.807, 2.05) is 0 Å². The van der Waals surface area contributed by atoms with Crippen LogP contribution < -0.4 is 5.32 Å². The molecule has 114 valence electrons. The van der Waals surface area contributed by atoms with Crippen molar-refractivity contribution in [2.45, 2.75) is 58.7 Å². The average molecular weight is 281 g/mol. The van der Waals surface area contributed by atoms with Crippen molar-refractivity contribution in [3.63, 3.8) is 0 Å². The predicted molar refractivity (Wildman–Crippen MR) is 69.8 cm³/mol. The normalized spacial score (nSPS) is 27.3. The molecular formula is C14H26F3NO. The maximum absolute atomic E-state index is 12.2. The molecule has 1 rings (SSSR count). The first-order valence-electron chi connectivity index (χ1n) is 7.04. The van der Waals surface area contributed by atoms with E-state index < -0.39 is 18.8 Å². The van der Waals surface area contributed by atoms with Crippen LogP contribution in [0.4, 0.5) is 13.2 Å². The van der Waals surface area contributed by atoms with E-state index in [0.717, 1.165) is 25.7 Å². The molecule has 1 unspecified atom stereocenters. The third kappa shape index (κ3) is 5.69. The number of alkyl halides is 3. The first-order chi connectivity index (χ1) is 8.63. The second-order valence-electron chi connectivity index (χ2n) is 6.76. The maximum Gasteiger partial charge on any atom is 0.401 e. The van der Waals surface area contributed by atoms with Crippen molar-refractivity contribution in [3.8, 4) is 0 Å². The van der Waals surface area contributed by atoms with Gasteiger partial charge in [-0.05, 0) is 42.9 Å². The highest BCUT2D eigenvalue weighted by molar-refractivity contribution is 4.86. The summed E-state index contributed by atoms with van der Waals surface area (Å²) >= 11 is 0. The number of rotatable bonds is 4. The van der Waals surface area contributed by atoms with E-state index in [2.05, 4.69) is 26.1 Å². The van der Waals surface area contributed by atoms with E-state index in [1.54, 1.807) is 0 Å². The molecule has 5 heteroatoms. The van der Waals surface area contributed by atoms with Crippen LogP contribution in [0.2, 0.25) is 0 Å². The van der Waals surface area contributed by atoms with Gasteiger partial charge in [0.1, 0.15) is 0 Å². The number of halogens is 3. The van der Waals surface area contributed by atoms with E-state index in [1.165, 1.54) is 0 Å². The molecule has 1 aliphatic rings. The summed E-state index contributed by atoms with van der Waals surface area (Å²) < 4.78 is 36.6. The Bertz CT molecular complexity index is 265. The zero-order valence-corrected chi connectivity index (χ0v) is 12.1. The fraction of sp³-hybridized carbons (Fsp3) is 1.00. The molecule has 0 bridgehead atoms. The average Bonchev–Trinajstić information content (AvgIpc) is 2.28. The van der Waals surface area contributed by atoms with Crippen LogP contribution in [0.15, 0.2) is 0 Å². The second-order valence-corrected chi connectivity index (χ2v) is 6.76. The molecule has 0 saturated heterocycles. The lowest BCUT2D eigenvalue weighted by Gasteiger charge is -2.39. The Morgan fingerprint density at radius 2 is 1.63 bits per heavy atom. The van der Waals surface area contributed by atoms with Crippen molar-refractivity contribution in [3.05, 3.63) is 0 Å². The summed E-state index contributed by atoms with van der Waals surface area (Å²) in [5, 5.41) is 11.7. The van der Waals surface area contributed by atoms with Crippen LogP contribution in [0.1, 0.15) is 46.5 Å². The lowest BCUT2D eigenvalue weighted by molar-refractivity contribution is -0.127. The molecule has 1 atom stereocenters. The highest BCUT2D eigenvalue weighted by Crippen LogP contribution is 2.40. The summed E-state index contributed by atoms with van der Waals surface area (Å²) in [6.45, 7) is 5.40. The van der Waals surface area contributed by atoms with Crippen LogP contribution in [0.25, 0.3) is 0 Å². The molecule has 1 saturated carbocycles. The highest BCUT2D eigenvalue weighted by Gasteiger charge is 2.34.